The lowest BCUT2D eigenvalue weighted by atomic mass is 10.2. The summed E-state index contributed by atoms with van der Waals surface area (Å²) in [6.45, 7) is 5.49. The predicted octanol–water partition coefficient (Wildman–Crippen LogP) is -1.03. The molecule has 0 aromatic carbocycles. The van der Waals surface area contributed by atoms with Crippen LogP contribution in [0.1, 0.15) is 0 Å². The van der Waals surface area contributed by atoms with E-state index in [1.807, 2.05) is 0 Å². The monoisotopic (exact) mass is 170 g/mol. The van der Waals surface area contributed by atoms with Crippen LogP contribution in [0.3, 0.4) is 0 Å². The van der Waals surface area contributed by atoms with Gasteiger partial charge in [0.2, 0.25) is 5.91 Å². The van der Waals surface area contributed by atoms with Gasteiger partial charge in [0.25, 0.3) is 0 Å². The molecule has 0 bridgehead atoms. The van der Waals surface area contributed by atoms with Crippen LogP contribution < -0.4 is 5.32 Å². The Morgan fingerprint density at radius 2 is 2.58 bits per heavy atom. The molecule has 1 rings (SSSR count). The SMILES string of the molecule is C=CC(=O)N1CCN[C@@H](CO)C1. The Bertz CT molecular complexity index is 182. The molecule has 0 aliphatic carbocycles. The summed E-state index contributed by atoms with van der Waals surface area (Å²) in [7, 11) is 0. The second-order valence-corrected chi connectivity index (χ2v) is 2.82. The molecule has 0 aromatic heterocycles. The van der Waals surface area contributed by atoms with Crippen LogP contribution >= 0.6 is 0 Å². The van der Waals surface area contributed by atoms with E-state index in [0.717, 1.165) is 6.54 Å². The average molecular weight is 170 g/mol. The molecule has 0 unspecified atom stereocenters. The largest absolute Gasteiger partial charge is 0.395 e. The molecule has 0 spiro atoms. The van der Waals surface area contributed by atoms with E-state index < -0.39 is 0 Å². The topological polar surface area (TPSA) is 52.6 Å². The fourth-order valence-corrected chi connectivity index (χ4v) is 1.28. The molecule has 2 N–H and O–H groups in total. The molecule has 1 fully saturated rings. The van der Waals surface area contributed by atoms with Crippen molar-refractivity contribution in [2.45, 2.75) is 6.04 Å². The van der Waals surface area contributed by atoms with Gasteiger partial charge in [-0.25, -0.2) is 0 Å². The van der Waals surface area contributed by atoms with Crippen LogP contribution in [0.4, 0.5) is 0 Å². The summed E-state index contributed by atoms with van der Waals surface area (Å²) in [5.41, 5.74) is 0. The zero-order valence-corrected chi connectivity index (χ0v) is 6.99. The lowest BCUT2D eigenvalue weighted by molar-refractivity contribution is -0.127. The highest BCUT2D eigenvalue weighted by atomic mass is 16.3. The van der Waals surface area contributed by atoms with E-state index in [9.17, 15) is 4.79 Å². The van der Waals surface area contributed by atoms with E-state index in [-0.39, 0.29) is 18.6 Å². The molecular weight excluding hydrogens is 156 g/mol. The molecule has 4 nitrogen and oxygen atoms in total. The molecule has 1 heterocycles. The van der Waals surface area contributed by atoms with Gasteiger partial charge in [-0.1, -0.05) is 6.58 Å². The van der Waals surface area contributed by atoms with Gasteiger partial charge in [-0.05, 0) is 6.08 Å². The summed E-state index contributed by atoms with van der Waals surface area (Å²) >= 11 is 0. The highest BCUT2D eigenvalue weighted by Gasteiger charge is 2.20. The van der Waals surface area contributed by atoms with E-state index in [1.165, 1.54) is 6.08 Å². The number of carbonyl (C=O) groups excluding carboxylic acids is 1. The Balaban J connectivity index is 2.45. The molecule has 4 heteroatoms. The van der Waals surface area contributed by atoms with E-state index in [0.29, 0.717) is 13.1 Å². The van der Waals surface area contributed by atoms with Crippen LogP contribution in [0.25, 0.3) is 0 Å². The highest BCUT2D eigenvalue weighted by molar-refractivity contribution is 5.87. The summed E-state index contributed by atoms with van der Waals surface area (Å²) in [4.78, 5) is 12.8. The Kier molecular flexibility index (Phi) is 3.25. The van der Waals surface area contributed by atoms with Crippen molar-refractivity contribution in [3.63, 3.8) is 0 Å². The van der Waals surface area contributed by atoms with Gasteiger partial charge in [-0.3, -0.25) is 4.79 Å². The highest BCUT2D eigenvalue weighted by Crippen LogP contribution is 1.99. The average Bonchev–Trinajstić information content (AvgIpc) is 2.17. The predicted molar refractivity (Wildman–Crippen MR) is 45.7 cm³/mol. The van der Waals surface area contributed by atoms with Gasteiger partial charge < -0.3 is 15.3 Å². The minimum absolute atomic E-state index is 0.0163. The number of carbonyl (C=O) groups is 1. The number of rotatable bonds is 2. The van der Waals surface area contributed by atoms with Gasteiger partial charge in [0, 0.05) is 25.7 Å². The standard InChI is InChI=1S/C8H14N2O2/c1-2-8(12)10-4-3-9-7(5-10)6-11/h2,7,9,11H,1,3-6H2/t7-/m1/s1. The van der Waals surface area contributed by atoms with Crippen molar-refractivity contribution in [3.8, 4) is 0 Å². The van der Waals surface area contributed by atoms with Crippen LogP contribution in [-0.2, 0) is 4.79 Å². The summed E-state index contributed by atoms with van der Waals surface area (Å²) < 4.78 is 0. The number of nitrogens with one attached hydrogen (secondary N) is 1. The fraction of sp³-hybridized carbons (Fsp3) is 0.625. The van der Waals surface area contributed by atoms with E-state index in [2.05, 4.69) is 11.9 Å². The van der Waals surface area contributed by atoms with Gasteiger partial charge in [0.05, 0.1) is 6.61 Å². The number of nitrogens with zero attached hydrogens (tertiary/aromatic N) is 1. The van der Waals surface area contributed by atoms with Gasteiger partial charge in [-0.15, -0.1) is 0 Å². The molecule has 0 radical (unpaired) electrons. The van der Waals surface area contributed by atoms with Crippen molar-refractivity contribution in [1.29, 1.82) is 0 Å². The first-order chi connectivity index (χ1) is 5.77. The van der Waals surface area contributed by atoms with Crippen LogP contribution in [-0.4, -0.2) is 48.2 Å². The molecule has 1 saturated heterocycles. The minimum atomic E-state index is -0.0602. The number of piperazine rings is 1. The molecule has 12 heavy (non-hydrogen) atoms. The van der Waals surface area contributed by atoms with Gasteiger partial charge in [-0.2, -0.15) is 0 Å². The smallest absolute Gasteiger partial charge is 0.246 e. The maximum atomic E-state index is 11.1. The Labute approximate surface area is 71.9 Å². The number of amides is 1. The van der Waals surface area contributed by atoms with Crippen molar-refractivity contribution in [1.82, 2.24) is 10.2 Å². The van der Waals surface area contributed by atoms with Crippen molar-refractivity contribution < 1.29 is 9.90 Å². The molecule has 0 saturated carbocycles. The van der Waals surface area contributed by atoms with Gasteiger partial charge in [0.15, 0.2) is 0 Å². The second-order valence-electron chi connectivity index (χ2n) is 2.82. The van der Waals surface area contributed by atoms with E-state index >= 15 is 0 Å². The van der Waals surface area contributed by atoms with Gasteiger partial charge >= 0.3 is 0 Å². The number of aliphatic hydroxyl groups excluding tert-OH is 1. The molecule has 1 atom stereocenters. The summed E-state index contributed by atoms with van der Waals surface area (Å²) in [5, 5.41) is 11.9. The number of hydrogen-bond donors (Lipinski definition) is 2. The lowest BCUT2D eigenvalue weighted by Gasteiger charge is -2.31. The van der Waals surface area contributed by atoms with Crippen LogP contribution in [0.15, 0.2) is 12.7 Å². The van der Waals surface area contributed by atoms with E-state index in [4.69, 9.17) is 5.11 Å². The van der Waals surface area contributed by atoms with Crippen molar-refractivity contribution >= 4 is 5.91 Å². The number of aliphatic hydroxyl groups is 1. The number of hydrogen-bond acceptors (Lipinski definition) is 3. The Hall–Kier alpha value is -0.870. The lowest BCUT2D eigenvalue weighted by Crippen LogP contribution is -2.53. The van der Waals surface area contributed by atoms with Crippen LogP contribution in [0, 0.1) is 0 Å². The first kappa shape index (κ1) is 9.22. The third-order valence-corrected chi connectivity index (χ3v) is 1.96. The van der Waals surface area contributed by atoms with Crippen LogP contribution in [0.2, 0.25) is 0 Å². The summed E-state index contributed by atoms with van der Waals surface area (Å²) in [6, 6.07) is 0.0163. The molecular formula is C8H14N2O2. The van der Waals surface area contributed by atoms with Crippen molar-refractivity contribution in [2.75, 3.05) is 26.2 Å². The Morgan fingerprint density at radius 3 is 3.17 bits per heavy atom. The first-order valence-corrected chi connectivity index (χ1v) is 4.03. The van der Waals surface area contributed by atoms with Crippen LogP contribution in [0.5, 0.6) is 0 Å². The zero-order valence-electron chi connectivity index (χ0n) is 6.99. The zero-order chi connectivity index (χ0) is 8.97. The molecule has 68 valence electrons. The molecule has 1 aliphatic heterocycles. The van der Waals surface area contributed by atoms with Crippen molar-refractivity contribution in [2.24, 2.45) is 0 Å². The third kappa shape index (κ3) is 2.06. The van der Waals surface area contributed by atoms with Gasteiger partial charge in [0.1, 0.15) is 0 Å². The normalized spacial score (nSPS) is 23.8. The second kappa shape index (κ2) is 4.23. The maximum absolute atomic E-state index is 11.1. The summed E-state index contributed by atoms with van der Waals surface area (Å²) in [6.07, 6.45) is 1.31. The maximum Gasteiger partial charge on any atom is 0.246 e. The summed E-state index contributed by atoms with van der Waals surface area (Å²) in [5.74, 6) is -0.0602. The molecule has 1 aliphatic rings. The quantitative estimate of drug-likeness (QED) is 0.521. The minimum Gasteiger partial charge on any atom is -0.395 e. The third-order valence-electron chi connectivity index (χ3n) is 1.96. The fourth-order valence-electron chi connectivity index (χ4n) is 1.28. The first-order valence-electron chi connectivity index (χ1n) is 4.03. The Morgan fingerprint density at radius 1 is 1.83 bits per heavy atom. The van der Waals surface area contributed by atoms with E-state index in [1.54, 1.807) is 4.90 Å². The molecule has 0 aromatic rings. The molecule has 1 amide bonds. The van der Waals surface area contributed by atoms with Crippen molar-refractivity contribution in [3.05, 3.63) is 12.7 Å².